The second kappa shape index (κ2) is 7.49. The molecule has 0 saturated heterocycles. The van der Waals surface area contributed by atoms with E-state index < -0.39 is 18.0 Å². The van der Waals surface area contributed by atoms with Gasteiger partial charge in [-0.05, 0) is 49.7 Å². The molecule has 4 nitrogen and oxygen atoms in total. The lowest BCUT2D eigenvalue weighted by molar-refractivity contribution is -0.123. The fourth-order valence-electron chi connectivity index (χ4n) is 1.90. The minimum atomic E-state index is -0.974. The van der Waals surface area contributed by atoms with Gasteiger partial charge in [0.2, 0.25) is 0 Å². The summed E-state index contributed by atoms with van der Waals surface area (Å²) >= 11 is 11.8. The van der Waals surface area contributed by atoms with Crippen molar-refractivity contribution >= 4 is 40.8 Å². The minimum absolute atomic E-state index is 0.120. The monoisotopic (exact) mass is 351 g/mol. The molecule has 1 N–H and O–H groups in total. The van der Waals surface area contributed by atoms with Crippen LogP contribution in [-0.2, 0) is 9.53 Å². The lowest BCUT2D eigenvalue weighted by Crippen LogP contribution is -2.30. The summed E-state index contributed by atoms with van der Waals surface area (Å²) in [6.45, 7) is 3.40. The van der Waals surface area contributed by atoms with Crippen LogP contribution in [0.15, 0.2) is 42.5 Å². The van der Waals surface area contributed by atoms with E-state index >= 15 is 0 Å². The predicted molar refractivity (Wildman–Crippen MR) is 91.1 cm³/mol. The predicted octanol–water partition coefficient (Wildman–Crippen LogP) is 4.49. The van der Waals surface area contributed by atoms with Gasteiger partial charge in [0.05, 0.1) is 10.6 Å². The Bertz CT molecular complexity index is 746. The molecule has 0 unspecified atom stereocenters. The number of hydrogen-bond donors (Lipinski definition) is 1. The van der Waals surface area contributed by atoms with Crippen molar-refractivity contribution in [1.82, 2.24) is 0 Å². The third-order valence-corrected chi connectivity index (χ3v) is 3.65. The van der Waals surface area contributed by atoms with Gasteiger partial charge in [0.15, 0.2) is 6.10 Å². The molecule has 2 aromatic rings. The Balaban J connectivity index is 2.03. The standard InChI is InChI=1S/C17H15Cl2NO3/c1-10-4-3-5-13(8-10)20-16(21)11(2)23-17(22)14-9-12(18)6-7-15(14)19/h3-9,11H,1-2H3,(H,20,21)/t11-/m1/s1. The Morgan fingerprint density at radius 1 is 1.13 bits per heavy atom. The molecule has 120 valence electrons. The summed E-state index contributed by atoms with van der Waals surface area (Å²) in [5.41, 5.74) is 1.77. The zero-order valence-corrected chi connectivity index (χ0v) is 14.1. The zero-order chi connectivity index (χ0) is 17.0. The van der Waals surface area contributed by atoms with Gasteiger partial charge in [0.25, 0.3) is 5.91 Å². The second-order valence-electron chi connectivity index (χ2n) is 5.03. The first-order valence-corrected chi connectivity index (χ1v) is 7.66. The van der Waals surface area contributed by atoms with Crippen LogP contribution in [0.25, 0.3) is 0 Å². The Hall–Kier alpha value is -2.04. The molecule has 0 aliphatic heterocycles. The maximum atomic E-state index is 12.1. The van der Waals surface area contributed by atoms with Crippen molar-refractivity contribution in [2.75, 3.05) is 5.32 Å². The van der Waals surface area contributed by atoms with Gasteiger partial charge < -0.3 is 10.1 Å². The summed E-state index contributed by atoms with van der Waals surface area (Å²) in [7, 11) is 0. The number of halogens is 2. The van der Waals surface area contributed by atoms with Gasteiger partial charge in [-0.1, -0.05) is 35.3 Å². The van der Waals surface area contributed by atoms with Crippen molar-refractivity contribution in [2.24, 2.45) is 0 Å². The van der Waals surface area contributed by atoms with E-state index in [0.29, 0.717) is 10.7 Å². The summed E-state index contributed by atoms with van der Waals surface area (Å²) in [5.74, 6) is -1.13. The van der Waals surface area contributed by atoms with E-state index in [-0.39, 0.29) is 10.6 Å². The largest absolute Gasteiger partial charge is 0.449 e. The summed E-state index contributed by atoms with van der Waals surface area (Å²) in [6.07, 6.45) is -0.974. The number of rotatable bonds is 4. The highest BCUT2D eigenvalue weighted by atomic mass is 35.5. The number of carbonyl (C=O) groups excluding carboxylic acids is 2. The van der Waals surface area contributed by atoms with Crippen LogP contribution in [-0.4, -0.2) is 18.0 Å². The molecule has 0 aliphatic carbocycles. The number of anilines is 1. The molecule has 0 saturated carbocycles. The molecule has 1 atom stereocenters. The van der Waals surface area contributed by atoms with Gasteiger partial charge in [0.1, 0.15) is 0 Å². The summed E-state index contributed by atoms with van der Waals surface area (Å²) < 4.78 is 5.14. The van der Waals surface area contributed by atoms with Crippen LogP contribution in [0.1, 0.15) is 22.8 Å². The Labute approximate surface area is 144 Å². The molecular formula is C17H15Cl2NO3. The van der Waals surface area contributed by atoms with Gasteiger partial charge in [-0.15, -0.1) is 0 Å². The molecule has 6 heteroatoms. The smallest absolute Gasteiger partial charge is 0.340 e. The number of benzene rings is 2. The minimum Gasteiger partial charge on any atom is -0.449 e. The lowest BCUT2D eigenvalue weighted by Gasteiger charge is -2.14. The van der Waals surface area contributed by atoms with Crippen molar-refractivity contribution in [2.45, 2.75) is 20.0 Å². The third kappa shape index (κ3) is 4.71. The maximum absolute atomic E-state index is 12.1. The highest BCUT2D eigenvalue weighted by molar-refractivity contribution is 6.35. The number of esters is 1. The molecule has 0 bridgehead atoms. The topological polar surface area (TPSA) is 55.4 Å². The summed E-state index contributed by atoms with van der Waals surface area (Å²) in [6, 6.07) is 11.8. The van der Waals surface area contributed by atoms with Gasteiger partial charge in [-0.3, -0.25) is 4.79 Å². The molecule has 2 rings (SSSR count). The van der Waals surface area contributed by atoms with Gasteiger partial charge in [-0.25, -0.2) is 4.79 Å². The fraction of sp³-hybridized carbons (Fsp3) is 0.176. The molecule has 1 amide bonds. The molecular weight excluding hydrogens is 337 g/mol. The first-order valence-electron chi connectivity index (χ1n) is 6.90. The van der Waals surface area contributed by atoms with Crippen LogP contribution < -0.4 is 5.32 Å². The highest BCUT2D eigenvalue weighted by Crippen LogP contribution is 2.22. The second-order valence-corrected chi connectivity index (χ2v) is 5.87. The molecule has 0 heterocycles. The van der Waals surface area contributed by atoms with E-state index in [1.165, 1.54) is 19.1 Å². The summed E-state index contributed by atoms with van der Waals surface area (Å²) in [5, 5.41) is 3.26. The number of aryl methyl sites for hydroxylation is 1. The van der Waals surface area contributed by atoms with Crippen molar-refractivity contribution in [3.05, 3.63) is 63.6 Å². The molecule has 23 heavy (non-hydrogen) atoms. The van der Waals surface area contributed by atoms with Crippen LogP contribution in [0.5, 0.6) is 0 Å². The number of ether oxygens (including phenoxy) is 1. The molecule has 0 aliphatic rings. The molecule has 2 aromatic carbocycles. The van der Waals surface area contributed by atoms with E-state index in [4.69, 9.17) is 27.9 Å². The Kier molecular flexibility index (Phi) is 5.64. The van der Waals surface area contributed by atoms with Crippen LogP contribution in [0.2, 0.25) is 10.0 Å². The number of nitrogens with one attached hydrogen (secondary N) is 1. The van der Waals surface area contributed by atoms with Crippen molar-refractivity contribution < 1.29 is 14.3 Å². The number of hydrogen-bond acceptors (Lipinski definition) is 3. The summed E-state index contributed by atoms with van der Waals surface area (Å²) in [4.78, 5) is 24.2. The Morgan fingerprint density at radius 2 is 1.87 bits per heavy atom. The first kappa shape index (κ1) is 17.3. The van der Waals surface area contributed by atoms with Crippen molar-refractivity contribution in [3.63, 3.8) is 0 Å². The van der Waals surface area contributed by atoms with Crippen molar-refractivity contribution in [1.29, 1.82) is 0 Å². The number of carbonyl (C=O) groups is 2. The quantitative estimate of drug-likeness (QED) is 0.825. The van der Waals surface area contributed by atoms with Crippen molar-refractivity contribution in [3.8, 4) is 0 Å². The van der Waals surface area contributed by atoms with E-state index in [2.05, 4.69) is 5.32 Å². The van der Waals surface area contributed by atoms with Crippen LogP contribution in [0, 0.1) is 6.92 Å². The number of amides is 1. The average molecular weight is 352 g/mol. The van der Waals surface area contributed by atoms with E-state index in [0.717, 1.165) is 5.56 Å². The molecule has 0 fully saturated rings. The SMILES string of the molecule is Cc1cccc(NC(=O)[C@@H](C)OC(=O)c2cc(Cl)ccc2Cl)c1. The van der Waals surface area contributed by atoms with E-state index in [1.807, 2.05) is 25.1 Å². The van der Waals surface area contributed by atoms with E-state index in [1.54, 1.807) is 12.1 Å². The average Bonchev–Trinajstić information content (AvgIpc) is 2.49. The van der Waals surface area contributed by atoms with Crippen LogP contribution in [0.3, 0.4) is 0 Å². The van der Waals surface area contributed by atoms with Gasteiger partial charge >= 0.3 is 5.97 Å². The normalized spacial score (nSPS) is 11.7. The lowest BCUT2D eigenvalue weighted by atomic mass is 10.2. The Morgan fingerprint density at radius 3 is 2.57 bits per heavy atom. The molecule has 0 radical (unpaired) electrons. The van der Waals surface area contributed by atoms with Gasteiger partial charge in [-0.2, -0.15) is 0 Å². The molecule has 0 aromatic heterocycles. The highest BCUT2D eigenvalue weighted by Gasteiger charge is 2.21. The van der Waals surface area contributed by atoms with Gasteiger partial charge in [0, 0.05) is 10.7 Å². The maximum Gasteiger partial charge on any atom is 0.340 e. The fourth-order valence-corrected chi connectivity index (χ4v) is 2.26. The van der Waals surface area contributed by atoms with Crippen LogP contribution in [0.4, 0.5) is 5.69 Å². The third-order valence-electron chi connectivity index (χ3n) is 3.09. The molecule has 0 spiro atoms. The van der Waals surface area contributed by atoms with Crippen LogP contribution >= 0.6 is 23.2 Å². The zero-order valence-electron chi connectivity index (χ0n) is 12.6. The van der Waals surface area contributed by atoms with E-state index in [9.17, 15) is 9.59 Å². The first-order chi connectivity index (χ1) is 10.9.